The van der Waals surface area contributed by atoms with E-state index in [4.69, 9.17) is 5.11 Å². The van der Waals surface area contributed by atoms with Crippen LogP contribution in [0.2, 0.25) is 0 Å². The molecule has 3 nitrogen and oxygen atoms in total. The Balaban J connectivity index is 4.01. The lowest BCUT2D eigenvalue weighted by atomic mass is 10.2. The molecule has 0 saturated heterocycles. The molecule has 0 aliphatic carbocycles. The number of carbonyl (C=O) groups excluding carboxylic acids is 1. The van der Waals surface area contributed by atoms with Gasteiger partial charge in [0.1, 0.15) is 0 Å². The Morgan fingerprint density at radius 1 is 1.73 bits per heavy atom. The van der Waals surface area contributed by atoms with E-state index < -0.39 is 6.10 Å². The predicted octanol–water partition coefficient (Wildman–Crippen LogP) is 0.877. The smallest absolute Gasteiger partial charge is 0.333 e. The fourth-order valence-corrected chi connectivity index (χ4v) is 0.675. The molecule has 0 aromatic carbocycles. The van der Waals surface area contributed by atoms with Gasteiger partial charge in [0.2, 0.25) is 0 Å². The van der Waals surface area contributed by atoms with Gasteiger partial charge >= 0.3 is 5.97 Å². The first-order valence-corrected chi connectivity index (χ1v) is 3.61. The molecule has 0 rings (SSSR count). The minimum Gasteiger partial charge on any atom is -0.463 e. The molecule has 1 atom stereocenters. The third kappa shape index (κ3) is 4.56. The molecule has 0 aromatic rings. The second kappa shape index (κ2) is 4.91. The number of ether oxygens (including phenoxy) is 1. The molecule has 0 aliphatic heterocycles. The standard InChI is InChI=1S/C8H14O3/c1-4-11-8(10)6(2)5-7(3)9/h5,7,9H,4H2,1-3H3/b6-5+. The van der Waals surface area contributed by atoms with E-state index in [1.807, 2.05) is 0 Å². The molecular weight excluding hydrogens is 144 g/mol. The van der Waals surface area contributed by atoms with Gasteiger partial charge in [-0.05, 0) is 26.8 Å². The summed E-state index contributed by atoms with van der Waals surface area (Å²) < 4.78 is 4.69. The first kappa shape index (κ1) is 10.2. The molecule has 0 heterocycles. The van der Waals surface area contributed by atoms with Crippen molar-refractivity contribution in [2.45, 2.75) is 26.9 Å². The van der Waals surface area contributed by atoms with Gasteiger partial charge in [-0.25, -0.2) is 4.79 Å². The quantitative estimate of drug-likeness (QED) is 0.490. The molecule has 1 unspecified atom stereocenters. The number of hydrogen-bond acceptors (Lipinski definition) is 3. The van der Waals surface area contributed by atoms with Crippen LogP contribution in [0.5, 0.6) is 0 Å². The zero-order chi connectivity index (χ0) is 8.85. The molecule has 0 aromatic heterocycles. The third-order valence-electron chi connectivity index (χ3n) is 1.09. The van der Waals surface area contributed by atoms with Gasteiger partial charge in [0.25, 0.3) is 0 Å². The van der Waals surface area contributed by atoms with Gasteiger partial charge in [-0.2, -0.15) is 0 Å². The summed E-state index contributed by atoms with van der Waals surface area (Å²) in [6.07, 6.45) is 0.859. The summed E-state index contributed by atoms with van der Waals surface area (Å²) in [5.74, 6) is -0.367. The van der Waals surface area contributed by atoms with Crippen molar-refractivity contribution in [3.8, 4) is 0 Å². The Morgan fingerprint density at radius 2 is 2.27 bits per heavy atom. The number of aliphatic hydroxyl groups excluding tert-OH is 1. The van der Waals surface area contributed by atoms with Gasteiger partial charge in [0.05, 0.1) is 12.7 Å². The monoisotopic (exact) mass is 158 g/mol. The third-order valence-corrected chi connectivity index (χ3v) is 1.09. The average molecular weight is 158 g/mol. The van der Waals surface area contributed by atoms with Crippen molar-refractivity contribution in [2.24, 2.45) is 0 Å². The summed E-state index contributed by atoms with van der Waals surface area (Å²) in [7, 11) is 0. The topological polar surface area (TPSA) is 46.5 Å². The lowest BCUT2D eigenvalue weighted by molar-refractivity contribution is -0.138. The van der Waals surface area contributed by atoms with Crippen molar-refractivity contribution >= 4 is 5.97 Å². The van der Waals surface area contributed by atoms with E-state index in [0.29, 0.717) is 12.2 Å². The van der Waals surface area contributed by atoms with Crippen LogP contribution in [0.25, 0.3) is 0 Å². The van der Waals surface area contributed by atoms with Crippen molar-refractivity contribution in [1.29, 1.82) is 0 Å². The van der Waals surface area contributed by atoms with Gasteiger partial charge in [0, 0.05) is 5.57 Å². The highest BCUT2D eigenvalue weighted by molar-refractivity contribution is 5.87. The number of rotatable bonds is 3. The highest BCUT2D eigenvalue weighted by atomic mass is 16.5. The average Bonchev–Trinajstić information content (AvgIpc) is 1.86. The van der Waals surface area contributed by atoms with E-state index in [1.165, 1.54) is 6.08 Å². The van der Waals surface area contributed by atoms with Gasteiger partial charge in [-0.3, -0.25) is 0 Å². The molecule has 0 bridgehead atoms. The molecular formula is C8H14O3. The maximum absolute atomic E-state index is 10.9. The fourth-order valence-electron chi connectivity index (χ4n) is 0.675. The van der Waals surface area contributed by atoms with Crippen LogP contribution in [-0.4, -0.2) is 23.8 Å². The number of hydrogen-bond donors (Lipinski definition) is 1. The Kier molecular flexibility index (Phi) is 4.54. The van der Waals surface area contributed by atoms with Crippen LogP contribution in [0.15, 0.2) is 11.6 Å². The van der Waals surface area contributed by atoms with E-state index in [9.17, 15) is 4.79 Å². The van der Waals surface area contributed by atoms with Crippen LogP contribution in [0.4, 0.5) is 0 Å². The SMILES string of the molecule is CCOC(=O)/C(C)=C/C(C)O. The zero-order valence-electron chi connectivity index (χ0n) is 7.13. The summed E-state index contributed by atoms with van der Waals surface area (Å²) in [4.78, 5) is 10.9. The maximum Gasteiger partial charge on any atom is 0.333 e. The summed E-state index contributed by atoms with van der Waals surface area (Å²) >= 11 is 0. The second-order valence-corrected chi connectivity index (χ2v) is 2.31. The molecule has 0 radical (unpaired) electrons. The van der Waals surface area contributed by atoms with Crippen LogP contribution < -0.4 is 0 Å². The van der Waals surface area contributed by atoms with Gasteiger partial charge in [0.15, 0.2) is 0 Å². The predicted molar refractivity (Wildman–Crippen MR) is 42.1 cm³/mol. The van der Waals surface area contributed by atoms with E-state index in [2.05, 4.69) is 4.74 Å². The zero-order valence-corrected chi connectivity index (χ0v) is 7.13. The molecule has 0 fully saturated rings. The lowest BCUT2D eigenvalue weighted by Crippen LogP contribution is -2.07. The normalized spacial score (nSPS) is 14.4. The van der Waals surface area contributed by atoms with Crippen LogP contribution in [0, 0.1) is 0 Å². The summed E-state index contributed by atoms with van der Waals surface area (Å²) in [5, 5.41) is 8.86. The molecule has 0 aliphatic rings. The number of esters is 1. The van der Waals surface area contributed by atoms with Crippen molar-refractivity contribution < 1.29 is 14.6 Å². The van der Waals surface area contributed by atoms with Gasteiger partial charge < -0.3 is 9.84 Å². The molecule has 11 heavy (non-hydrogen) atoms. The van der Waals surface area contributed by atoms with E-state index in [1.54, 1.807) is 20.8 Å². The second-order valence-electron chi connectivity index (χ2n) is 2.31. The van der Waals surface area contributed by atoms with Gasteiger partial charge in [-0.15, -0.1) is 0 Å². The van der Waals surface area contributed by atoms with Crippen LogP contribution in [0.1, 0.15) is 20.8 Å². The molecule has 0 spiro atoms. The van der Waals surface area contributed by atoms with E-state index in [0.717, 1.165) is 0 Å². The molecule has 0 saturated carbocycles. The van der Waals surface area contributed by atoms with Crippen LogP contribution in [0.3, 0.4) is 0 Å². The Hall–Kier alpha value is -0.830. The molecule has 64 valence electrons. The summed E-state index contributed by atoms with van der Waals surface area (Å²) in [5.41, 5.74) is 0.446. The lowest BCUT2D eigenvalue weighted by Gasteiger charge is -2.02. The van der Waals surface area contributed by atoms with Crippen molar-refractivity contribution in [3.05, 3.63) is 11.6 Å². The summed E-state index contributed by atoms with van der Waals surface area (Å²) in [6, 6.07) is 0. The van der Waals surface area contributed by atoms with Crippen LogP contribution >= 0.6 is 0 Å². The minimum atomic E-state index is -0.598. The first-order chi connectivity index (χ1) is 5.07. The highest BCUT2D eigenvalue weighted by Crippen LogP contribution is 1.98. The van der Waals surface area contributed by atoms with E-state index >= 15 is 0 Å². The van der Waals surface area contributed by atoms with Gasteiger partial charge in [-0.1, -0.05) is 0 Å². The van der Waals surface area contributed by atoms with E-state index in [-0.39, 0.29) is 5.97 Å². The molecule has 0 amide bonds. The van der Waals surface area contributed by atoms with Crippen molar-refractivity contribution in [2.75, 3.05) is 6.61 Å². The highest BCUT2D eigenvalue weighted by Gasteiger charge is 2.04. The minimum absolute atomic E-state index is 0.365. The fraction of sp³-hybridized carbons (Fsp3) is 0.625. The number of carbonyl (C=O) groups is 1. The van der Waals surface area contributed by atoms with Crippen LogP contribution in [-0.2, 0) is 9.53 Å². The Bertz CT molecular complexity index is 159. The van der Waals surface area contributed by atoms with Crippen molar-refractivity contribution in [3.63, 3.8) is 0 Å². The Labute approximate surface area is 66.7 Å². The maximum atomic E-state index is 10.9. The van der Waals surface area contributed by atoms with Crippen molar-refractivity contribution in [1.82, 2.24) is 0 Å². The molecule has 3 heteroatoms. The largest absolute Gasteiger partial charge is 0.463 e. The molecule has 1 N–H and O–H groups in total. The summed E-state index contributed by atoms with van der Waals surface area (Å²) in [6.45, 7) is 5.31. The number of aliphatic hydroxyl groups is 1. The first-order valence-electron chi connectivity index (χ1n) is 3.61. The Morgan fingerprint density at radius 3 is 2.64 bits per heavy atom.